The number of fused-ring (bicyclic) bond motifs is 2. The molecule has 0 saturated heterocycles. The topological polar surface area (TPSA) is 26.3 Å². The lowest BCUT2D eigenvalue weighted by molar-refractivity contribution is -0.0677. The summed E-state index contributed by atoms with van der Waals surface area (Å²) in [4.78, 5) is 10.7. The maximum atomic E-state index is 12.6. The molecule has 2 bridgehead atoms. The van der Waals surface area contributed by atoms with E-state index in [1.54, 1.807) is 0 Å². The van der Waals surface area contributed by atoms with Gasteiger partial charge in [0.15, 0.2) is 0 Å². The zero-order valence-electron chi connectivity index (χ0n) is 10.2. The van der Waals surface area contributed by atoms with Crippen LogP contribution in [0.25, 0.3) is 0 Å². The van der Waals surface area contributed by atoms with Crippen LogP contribution >= 0.6 is 0 Å². The van der Waals surface area contributed by atoms with Crippen LogP contribution in [0.4, 0.5) is 9.18 Å². The Bertz CT molecular complexity index is 273. The Kier molecular flexibility index (Phi) is 3.22. The normalized spacial score (nSPS) is 33.1. The SMILES string of the molecule is CCC(CC)(OC(=O)F)C1CC2CCC1C2. The quantitative estimate of drug-likeness (QED) is 0.677. The summed E-state index contributed by atoms with van der Waals surface area (Å²) in [6.07, 6.45) is 4.79. The Hall–Kier alpha value is -0.600. The van der Waals surface area contributed by atoms with Gasteiger partial charge in [-0.3, -0.25) is 0 Å². The second-order valence-electron chi connectivity index (χ2n) is 5.39. The molecule has 2 nitrogen and oxygen atoms in total. The van der Waals surface area contributed by atoms with Gasteiger partial charge >= 0.3 is 6.22 Å². The van der Waals surface area contributed by atoms with E-state index in [9.17, 15) is 9.18 Å². The first kappa shape index (κ1) is 11.9. The third-order valence-corrected chi connectivity index (χ3v) is 4.89. The fourth-order valence-corrected chi connectivity index (χ4v) is 4.04. The van der Waals surface area contributed by atoms with E-state index in [1.807, 2.05) is 13.8 Å². The Balaban J connectivity index is 2.15. The van der Waals surface area contributed by atoms with Crippen LogP contribution in [0.3, 0.4) is 0 Å². The summed E-state index contributed by atoms with van der Waals surface area (Å²) >= 11 is 0. The number of rotatable bonds is 4. The van der Waals surface area contributed by atoms with Crippen molar-refractivity contribution in [1.29, 1.82) is 0 Å². The minimum Gasteiger partial charge on any atom is -0.433 e. The van der Waals surface area contributed by atoms with E-state index in [4.69, 9.17) is 4.74 Å². The molecule has 3 unspecified atom stereocenters. The summed E-state index contributed by atoms with van der Waals surface area (Å²) in [5.41, 5.74) is -0.536. The number of hydrogen-bond acceptors (Lipinski definition) is 2. The fraction of sp³-hybridized carbons (Fsp3) is 0.923. The predicted molar refractivity (Wildman–Crippen MR) is 59.8 cm³/mol. The van der Waals surface area contributed by atoms with Crippen molar-refractivity contribution >= 4 is 6.22 Å². The largest absolute Gasteiger partial charge is 0.496 e. The zero-order chi connectivity index (χ0) is 11.8. The molecule has 0 amide bonds. The van der Waals surface area contributed by atoms with E-state index in [0.717, 1.165) is 25.2 Å². The molecule has 2 aliphatic rings. The molecular formula is C13H21FO2. The van der Waals surface area contributed by atoms with Crippen molar-refractivity contribution in [1.82, 2.24) is 0 Å². The van der Waals surface area contributed by atoms with Gasteiger partial charge < -0.3 is 4.74 Å². The first-order chi connectivity index (χ1) is 7.61. The molecule has 2 rings (SSSR count). The number of carbonyl (C=O) groups excluding carboxylic acids is 1. The number of hydrogen-bond donors (Lipinski definition) is 0. The minimum absolute atomic E-state index is 0.390. The lowest BCUT2D eigenvalue weighted by Crippen LogP contribution is -2.43. The summed E-state index contributed by atoms with van der Waals surface area (Å²) in [6.45, 7) is 4.00. The van der Waals surface area contributed by atoms with E-state index >= 15 is 0 Å². The van der Waals surface area contributed by atoms with Crippen molar-refractivity contribution in [3.8, 4) is 0 Å². The second kappa shape index (κ2) is 4.34. The number of halogens is 1. The predicted octanol–water partition coefficient (Wildman–Crippen LogP) is 4.09. The summed E-state index contributed by atoms with van der Waals surface area (Å²) in [5, 5.41) is 0. The van der Waals surface area contributed by atoms with Gasteiger partial charge in [-0.25, -0.2) is 4.79 Å². The van der Waals surface area contributed by atoms with Crippen LogP contribution in [-0.4, -0.2) is 11.8 Å². The third kappa shape index (κ3) is 1.85. The molecule has 0 aliphatic heterocycles. The molecule has 0 aromatic carbocycles. The first-order valence-corrected chi connectivity index (χ1v) is 6.49. The van der Waals surface area contributed by atoms with Gasteiger partial charge in [-0.05, 0) is 43.9 Å². The Morgan fingerprint density at radius 1 is 1.31 bits per heavy atom. The molecule has 2 fully saturated rings. The highest BCUT2D eigenvalue weighted by molar-refractivity contribution is 5.58. The van der Waals surface area contributed by atoms with Gasteiger partial charge in [0.1, 0.15) is 5.60 Å². The van der Waals surface area contributed by atoms with Crippen molar-refractivity contribution in [2.24, 2.45) is 17.8 Å². The molecule has 3 heteroatoms. The minimum atomic E-state index is -1.61. The highest BCUT2D eigenvalue weighted by Crippen LogP contribution is 2.54. The van der Waals surface area contributed by atoms with Gasteiger partial charge in [0.05, 0.1) is 0 Å². The van der Waals surface area contributed by atoms with Crippen LogP contribution in [0.5, 0.6) is 0 Å². The van der Waals surface area contributed by atoms with Gasteiger partial charge in [-0.1, -0.05) is 20.3 Å². The standard InChI is InChI=1S/C13H21FO2/c1-3-13(4-2,16-12(14)15)11-8-9-5-6-10(11)7-9/h9-11H,3-8H2,1-2H3. The Morgan fingerprint density at radius 2 is 2.00 bits per heavy atom. The van der Waals surface area contributed by atoms with Crippen molar-refractivity contribution in [2.75, 3.05) is 0 Å². The van der Waals surface area contributed by atoms with E-state index < -0.39 is 11.8 Å². The maximum absolute atomic E-state index is 12.6. The van der Waals surface area contributed by atoms with Crippen LogP contribution in [0.15, 0.2) is 0 Å². The summed E-state index contributed by atoms with van der Waals surface area (Å²) in [7, 11) is 0. The van der Waals surface area contributed by atoms with E-state index in [1.165, 1.54) is 19.3 Å². The van der Waals surface area contributed by atoms with Gasteiger partial charge in [0.25, 0.3) is 0 Å². The molecule has 2 saturated carbocycles. The summed E-state index contributed by atoms with van der Waals surface area (Å²) < 4.78 is 17.7. The average molecular weight is 228 g/mol. The molecule has 3 atom stereocenters. The van der Waals surface area contributed by atoms with Crippen molar-refractivity contribution < 1.29 is 13.9 Å². The van der Waals surface area contributed by atoms with Crippen molar-refractivity contribution in [3.05, 3.63) is 0 Å². The van der Waals surface area contributed by atoms with Gasteiger partial charge in [-0.15, -0.1) is 4.39 Å². The van der Waals surface area contributed by atoms with Crippen LogP contribution in [0.2, 0.25) is 0 Å². The highest BCUT2D eigenvalue weighted by atomic mass is 19.1. The lowest BCUT2D eigenvalue weighted by Gasteiger charge is -2.40. The van der Waals surface area contributed by atoms with Crippen LogP contribution in [0.1, 0.15) is 52.4 Å². The number of carbonyl (C=O) groups is 1. The fourth-order valence-electron chi connectivity index (χ4n) is 4.04. The summed E-state index contributed by atoms with van der Waals surface area (Å²) in [5.74, 6) is 1.84. The van der Waals surface area contributed by atoms with Gasteiger partial charge in [0, 0.05) is 5.92 Å². The van der Waals surface area contributed by atoms with E-state index in [2.05, 4.69) is 0 Å². The Morgan fingerprint density at radius 3 is 2.38 bits per heavy atom. The second-order valence-corrected chi connectivity index (χ2v) is 5.39. The molecule has 0 N–H and O–H groups in total. The molecule has 16 heavy (non-hydrogen) atoms. The molecule has 92 valence electrons. The zero-order valence-corrected chi connectivity index (χ0v) is 10.2. The maximum Gasteiger partial charge on any atom is 0.496 e. The average Bonchev–Trinajstić information content (AvgIpc) is 2.87. The molecule has 0 radical (unpaired) electrons. The van der Waals surface area contributed by atoms with E-state index in [0.29, 0.717) is 11.8 Å². The van der Waals surface area contributed by atoms with Crippen molar-refractivity contribution in [3.63, 3.8) is 0 Å². The van der Waals surface area contributed by atoms with Crippen LogP contribution in [-0.2, 0) is 4.74 Å². The van der Waals surface area contributed by atoms with Crippen molar-refractivity contribution in [2.45, 2.75) is 58.0 Å². The molecule has 0 aromatic rings. The molecular weight excluding hydrogens is 207 g/mol. The molecule has 0 aromatic heterocycles. The van der Waals surface area contributed by atoms with Gasteiger partial charge in [0.2, 0.25) is 0 Å². The molecule has 2 aliphatic carbocycles. The first-order valence-electron chi connectivity index (χ1n) is 6.49. The monoisotopic (exact) mass is 228 g/mol. The Labute approximate surface area is 96.5 Å². The van der Waals surface area contributed by atoms with Crippen LogP contribution in [0, 0.1) is 17.8 Å². The molecule has 0 spiro atoms. The smallest absolute Gasteiger partial charge is 0.433 e. The molecule has 0 heterocycles. The third-order valence-electron chi connectivity index (χ3n) is 4.89. The summed E-state index contributed by atoms with van der Waals surface area (Å²) in [6, 6.07) is 0. The lowest BCUT2D eigenvalue weighted by atomic mass is 9.73. The highest BCUT2D eigenvalue weighted by Gasteiger charge is 2.51. The van der Waals surface area contributed by atoms with Gasteiger partial charge in [-0.2, -0.15) is 0 Å². The van der Waals surface area contributed by atoms with Crippen LogP contribution < -0.4 is 0 Å². The number of ether oxygens (including phenoxy) is 1. The van der Waals surface area contributed by atoms with E-state index in [-0.39, 0.29) is 0 Å².